The molecule has 0 aliphatic carbocycles. The summed E-state index contributed by atoms with van der Waals surface area (Å²) in [7, 11) is 0. The lowest BCUT2D eigenvalue weighted by Gasteiger charge is -2.46. The zero-order chi connectivity index (χ0) is 18.0. The molecule has 0 saturated heterocycles. The van der Waals surface area contributed by atoms with E-state index < -0.39 is 17.7 Å². The first-order valence-corrected chi connectivity index (χ1v) is 8.07. The Balaban J connectivity index is 2.18. The molecule has 0 aromatic heterocycles. The highest BCUT2D eigenvalue weighted by Crippen LogP contribution is 2.44. The number of ether oxygens (including phenoxy) is 1. The number of hydrogen-bond donors (Lipinski definition) is 1. The van der Waals surface area contributed by atoms with E-state index in [4.69, 9.17) is 4.74 Å². The second kappa shape index (κ2) is 6.47. The molecule has 5 nitrogen and oxygen atoms in total. The van der Waals surface area contributed by atoms with Crippen LogP contribution in [0.1, 0.15) is 31.0 Å². The molecule has 1 aliphatic heterocycles. The predicted molar refractivity (Wildman–Crippen MR) is 94.0 cm³/mol. The molecule has 1 N–H and O–H groups in total. The van der Waals surface area contributed by atoms with E-state index in [9.17, 15) is 15.6 Å². The average molecular weight is 333 g/mol. The number of anilines is 1. The van der Waals surface area contributed by atoms with E-state index in [1.807, 2.05) is 49.1 Å². The number of para-hydroxylation sites is 1. The maximum absolute atomic E-state index is 11.0. The van der Waals surface area contributed by atoms with Crippen molar-refractivity contribution in [1.29, 1.82) is 10.5 Å². The van der Waals surface area contributed by atoms with Crippen LogP contribution in [-0.4, -0.2) is 23.4 Å². The molecule has 25 heavy (non-hydrogen) atoms. The molecule has 2 atom stereocenters. The van der Waals surface area contributed by atoms with Gasteiger partial charge in [0.15, 0.2) is 0 Å². The van der Waals surface area contributed by atoms with Gasteiger partial charge in [0.2, 0.25) is 0 Å². The van der Waals surface area contributed by atoms with E-state index in [-0.39, 0.29) is 6.54 Å². The second-order valence-electron chi connectivity index (χ2n) is 6.58. The zero-order valence-corrected chi connectivity index (χ0v) is 14.2. The quantitative estimate of drug-likeness (QED) is 0.873. The minimum atomic E-state index is -0.873. The normalized spacial score (nSPS) is 20.5. The van der Waals surface area contributed by atoms with Gasteiger partial charge in [-0.2, -0.15) is 10.5 Å². The fourth-order valence-electron chi connectivity index (χ4n) is 3.22. The first-order valence-electron chi connectivity index (χ1n) is 8.07. The molecule has 0 bridgehead atoms. The van der Waals surface area contributed by atoms with Crippen LogP contribution in [0.2, 0.25) is 0 Å². The lowest BCUT2D eigenvalue weighted by molar-refractivity contribution is -0.0583. The molecule has 5 heteroatoms. The van der Waals surface area contributed by atoms with Crippen LogP contribution in [-0.2, 0) is 0 Å². The summed E-state index contributed by atoms with van der Waals surface area (Å²) in [5.74, 6) is 0.623. The van der Waals surface area contributed by atoms with Crippen molar-refractivity contribution in [3.05, 3.63) is 59.7 Å². The first kappa shape index (κ1) is 16.8. The van der Waals surface area contributed by atoms with Gasteiger partial charge < -0.3 is 14.7 Å². The van der Waals surface area contributed by atoms with E-state index in [1.165, 1.54) is 0 Å². The van der Waals surface area contributed by atoms with Crippen LogP contribution in [0.25, 0.3) is 0 Å². The van der Waals surface area contributed by atoms with Crippen LogP contribution in [0.4, 0.5) is 5.69 Å². The third kappa shape index (κ3) is 3.03. The van der Waals surface area contributed by atoms with Gasteiger partial charge in [-0.05, 0) is 44.2 Å². The number of nitriles is 2. The van der Waals surface area contributed by atoms with Crippen LogP contribution in [0.5, 0.6) is 5.75 Å². The van der Waals surface area contributed by atoms with Crippen molar-refractivity contribution >= 4 is 5.69 Å². The molecule has 1 aliphatic rings. The van der Waals surface area contributed by atoms with Gasteiger partial charge in [0.05, 0.1) is 23.7 Å². The van der Waals surface area contributed by atoms with Crippen molar-refractivity contribution < 1.29 is 9.84 Å². The number of hydrogen-bond acceptors (Lipinski definition) is 5. The van der Waals surface area contributed by atoms with E-state index in [0.717, 1.165) is 5.69 Å². The first-order chi connectivity index (χ1) is 12.0. The third-order valence-corrected chi connectivity index (χ3v) is 4.51. The smallest absolute Gasteiger partial charge is 0.132 e. The van der Waals surface area contributed by atoms with Gasteiger partial charge >= 0.3 is 0 Å². The lowest BCUT2D eigenvalue weighted by Crippen LogP contribution is -2.54. The Kier molecular flexibility index (Phi) is 4.35. The number of aliphatic hydroxyl groups excluding tert-OH is 1. The lowest BCUT2D eigenvalue weighted by atomic mass is 9.84. The summed E-state index contributed by atoms with van der Waals surface area (Å²) in [6.07, 6.45) is -0.873. The van der Waals surface area contributed by atoms with E-state index in [0.29, 0.717) is 16.9 Å². The molecule has 0 saturated carbocycles. The largest absolute Gasteiger partial charge is 0.485 e. The van der Waals surface area contributed by atoms with E-state index >= 15 is 0 Å². The summed E-state index contributed by atoms with van der Waals surface area (Å²) in [4.78, 5) is 1.86. The summed E-state index contributed by atoms with van der Waals surface area (Å²) >= 11 is 0. The number of rotatable bonds is 3. The fraction of sp³-hybridized carbons (Fsp3) is 0.300. The highest BCUT2D eigenvalue weighted by Gasteiger charge is 2.45. The number of aliphatic hydroxyl groups is 1. The summed E-state index contributed by atoms with van der Waals surface area (Å²) in [5, 5.41) is 29.6. The minimum absolute atomic E-state index is 0.109. The Bertz CT molecular complexity index is 849. The second-order valence-corrected chi connectivity index (χ2v) is 6.58. The fourth-order valence-corrected chi connectivity index (χ4v) is 3.22. The van der Waals surface area contributed by atoms with Gasteiger partial charge in [-0.1, -0.05) is 18.2 Å². The van der Waals surface area contributed by atoms with Crippen LogP contribution in [0.3, 0.4) is 0 Å². The van der Waals surface area contributed by atoms with Crippen molar-refractivity contribution in [1.82, 2.24) is 0 Å². The highest BCUT2D eigenvalue weighted by molar-refractivity contribution is 5.55. The van der Waals surface area contributed by atoms with E-state index in [1.54, 1.807) is 18.2 Å². The Labute approximate surface area is 147 Å². The Hall–Kier alpha value is -3.02. The zero-order valence-electron chi connectivity index (χ0n) is 14.2. The summed E-state index contributed by atoms with van der Waals surface area (Å²) in [6, 6.07) is 18.5. The standard InChI is InChI=1S/C20H19N3O2/c1-20(2)19(24)18(16-12-14(13-22)8-9-17(16)25-20)23(11-10-21)15-6-4-3-5-7-15/h3-9,12,18-19,24H,11H2,1-2H3/t18?,19-/m1/s1. The van der Waals surface area contributed by atoms with Crippen LogP contribution >= 0.6 is 0 Å². The molecule has 0 amide bonds. The van der Waals surface area contributed by atoms with Gasteiger partial charge in [-0.25, -0.2) is 0 Å². The monoisotopic (exact) mass is 333 g/mol. The molecule has 2 aromatic rings. The van der Waals surface area contributed by atoms with Gasteiger partial charge in [-0.15, -0.1) is 0 Å². The molecular weight excluding hydrogens is 314 g/mol. The van der Waals surface area contributed by atoms with Crippen molar-refractivity contribution in [3.8, 4) is 17.9 Å². The maximum Gasteiger partial charge on any atom is 0.132 e. The molecule has 2 aromatic carbocycles. The summed E-state index contributed by atoms with van der Waals surface area (Å²) < 4.78 is 5.96. The average Bonchev–Trinajstić information content (AvgIpc) is 2.62. The maximum atomic E-state index is 11.0. The molecular formula is C20H19N3O2. The van der Waals surface area contributed by atoms with Crippen molar-refractivity contribution in [2.24, 2.45) is 0 Å². The Morgan fingerprint density at radius 3 is 2.52 bits per heavy atom. The molecule has 0 spiro atoms. The number of fused-ring (bicyclic) bond motifs is 1. The van der Waals surface area contributed by atoms with Crippen molar-refractivity contribution in [2.45, 2.75) is 31.6 Å². The molecule has 126 valence electrons. The van der Waals surface area contributed by atoms with Crippen LogP contribution in [0.15, 0.2) is 48.5 Å². The Morgan fingerprint density at radius 2 is 1.88 bits per heavy atom. The van der Waals surface area contributed by atoms with Gasteiger partial charge in [0, 0.05) is 11.3 Å². The predicted octanol–water partition coefficient (Wildman–Crippen LogP) is 3.16. The van der Waals surface area contributed by atoms with E-state index in [2.05, 4.69) is 12.1 Å². The van der Waals surface area contributed by atoms with Gasteiger partial charge in [-0.3, -0.25) is 0 Å². The van der Waals surface area contributed by atoms with Crippen molar-refractivity contribution in [2.75, 3.05) is 11.4 Å². The van der Waals surface area contributed by atoms with Crippen molar-refractivity contribution in [3.63, 3.8) is 0 Å². The summed E-state index contributed by atoms with van der Waals surface area (Å²) in [6.45, 7) is 3.75. The molecule has 0 fully saturated rings. The Morgan fingerprint density at radius 1 is 1.16 bits per heavy atom. The molecule has 1 heterocycles. The summed E-state index contributed by atoms with van der Waals surface area (Å²) in [5.41, 5.74) is 1.21. The van der Waals surface area contributed by atoms with Gasteiger partial charge in [0.1, 0.15) is 24.0 Å². The SMILES string of the molecule is CC1(C)Oc2ccc(C#N)cc2C(N(CC#N)c2ccccc2)[C@H]1O. The van der Waals surface area contributed by atoms with Crippen LogP contribution in [0, 0.1) is 22.7 Å². The molecule has 0 radical (unpaired) electrons. The minimum Gasteiger partial charge on any atom is -0.485 e. The topological polar surface area (TPSA) is 80.3 Å². The third-order valence-electron chi connectivity index (χ3n) is 4.51. The van der Waals surface area contributed by atoms with Gasteiger partial charge in [0.25, 0.3) is 0 Å². The van der Waals surface area contributed by atoms with Crippen LogP contribution < -0.4 is 9.64 Å². The molecule has 3 rings (SSSR count). The number of benzene rings is 2. The molecule has 1 unspecified atom stereocenters. The number of nitrogens with zero attached hydrogens (tertiary/aromatic N) is 3. The highest BCUT2D eigenvalue weighted by atomic mass is 16.5.